The van der Waals surface area contributed by atoms with Crippen LogP contribution in [0, 0.1) is 5.82 Å². The second-order valence-electron chi connectivity index (χ2n) is 7.36. The van der Waals surface area contributed by atoms with Gasteiger partial charge in [0.2, 0.25) is 10.0 Å². The second kappa shape index (κ2) is 9.82. The lowest BCUT2D eigenvalue weighted by Crippen LogP contribution is -2.23. The Bertz CT molecular complexity index is 1430. The third kappa shape index (κ3) is 5.45. The molecule has 0 spiro atoms. The lowest BCUT2D eigenvalue weighted by molar-refractivity contribution is -0.131. The fourth-order valence-corrected chi connectivity index (χ4v) is 4.29. The number of nitrogens with one attached hydrogen (secondary N) is 1. The van der Waals surface area contributed by atoms with Crippen LogP contribution in [0.1, 0.15) is 11.1 Å². The molecule has 34 heavy (non-hydrogen) atoms. The quantitative estimate of drug-likeness (QED) is 0.370. The van der Waals surface area contributed by atoms with Crippen LogP contribution in [0.15, 0.2) is 96.0 Å². The smallest absolute Gasteiger partial charge is 0.328 e. The lowest BCUT2D eigenvalue weighted by atomic mass is 10.1. The van der Waals surface area contributed by atoms with Gasteiger partial charge >= 0.3 is 5.97 Å². The van der Waals surface area contributed by atoms with E-state index in [1.807, 2.05) is 30.3 Å². The number of para-hydroxylation sites is 1. The zero-order valence-electron chi connectivity index (χ0n) is 17.8. The number of nitrogens with zero attached hydrogens (tertiary/aromatic N) is 2. The van der Waals surface area contributed by atoms with Crippen LogP contribution in [0.5, 0.6) is 0 Å². The summed E-state index contributed by atoms with van der Waals surface area (Å²) in [5.41, 5.74) is 3.15. The highest BCUT2D eigenvalue weighted by Gasteiger charge is 2.18. The van der Waals surface area contributed by atoms with Gasteiger partial charge in [-0.15, -0.1) is 0 Å². The van der Waals surface area contributed by atoms with Gasteiger partial charge in [-0.05, 0) is 60.2 Å². The molecule has 0 aliphatic heterocycles. The maximum Gasteiger partial charge on any atom is 0.328 e. The molecule has 4 rings (SSSR count). The Morgan fingerprint density at radius 3 is 2.32 bits per heavy atom. The SMILES string of the molecule is O=C(O)/C=C/c1ccc(S(=O)(=O)NCc2cn(-c3ccccc3)nc2-c2ccc(F)cc2)cc1. The van der Waals surface area contributed by atoms with Crippen molar-refractivity contribution < 1.29 is 22.7 Å². The molecule has 0 aliphatic rings. The van der Waals surface area contributed by atoms with Crippen molar-refractivity contribution in [3.8, 4) is 16.9 Å². The van der Waals surface area contributed by atoms with Gasteiger partial charge in [0.25, 0.3) is 0 Å². The second-order valence-corrected chi connectivity index (χ2v) is 9.12. The van der Waals surface area contributed by atoms with E-state index in [0.717, 1.165) is 11.8 Å². The van der Waals surface area contributed by atoms with Crippen molar-refractivity contribution in [2.24, 2.45) is 0 Å². The van der Waals surface area contributed by atoms with Gasteiger partial charge in [0.05, 0.1) is 16.3 Å². The predicted molar refractivity (Wildman–Crippen MR) is 126 cm³/mol. The molecule has 1 aromatic heterocycles. The molecule has 0 bridgehead atoms. The van der Waals surface area contributed by atoms with Crippen molar-refractivity contribution in [1.29, 1.82) is 0 Å². The van der Waals surface area contributed by atoms with Crippen molar-refractivity contribution in [1.82, 2.24) is 14.5 Å². The number of carboxylic acid groups (broad SMARTS) is 1. The maximum absolute atomic E-state index is 13.4. The van der Waals surface area contributed by atoms with E-state index in [-0.39, 0.29) is 17.3 Å². The third-order valence-corrected chi connectivity index (χ3v) is 6.41. The monoisotopic (exact) mass is 477 g/mol. The van der Waals surface area contributed by atoms with Gasteiger partial charge in [-0.2, -0.15) is 5.10 Å². The summed E-state index contributed by atoms with van der Waals surface area (Å²) in [6.45, 7) is -0.0391. The summed E-state index contributed by atoms with van der Waals surface area (Å²) in [6.07, 6.45) is 4.08. The Hall–Kier alpha value is -4.08. The van der Waals surface area contributed by atoms with Crippen LogP contribution < -0.4 is 4.72 Å². The van der Waals surface area contributed by atoms with Crippen LogP contribution in [-0.4, -0.2) is 29.3 Å². The number of rotatable bonds is 8. The number of carboxylic acids is 1. The van der Waals surface area contributed by atoms with E-state index in [1.165, 1.54) is 42.5 Å². The average molecular weight is 478 g/mol. The van der Waals surface area contributed by atoms with Gasteiger partial charge in [-0.3, -0.25) is 0 Å². The minimum Gasteiger partial charge on any atom is -0.478 e. The molecule has 0 saturated carbocycles. The van der Waals surface area contributed by atoms with Crippen LogP contribution >= 0.6 is 0 Å². The first-order valence-corrected chi connectivity index (χ1v) is 11.7. The Balaban J connectivity index is 1.60. The van der Waals surface area contributed by atoms with E-state index in [0.29, 0.717) is 22.4 Å². The molecular weight excluding hydrogens is 457 g/mol. The number of halogens is 1. The summed E-state index contributed by atoms with van der Waals surface area (Å²) in [4.78, 5) is 10.7. The number of benzene rings is 3. The van der Waals surface area contributed by atoms with Gasteiger partial charge < -0.3 is 5.11 Å². The zero-order valence-corrected chi connectivity index (χ0v) is 18.6. The minimum absolute atomic E-state index is 0.0391. The minimum atomic E-state index is -3.85. The summed E-state index contributed by atoms with van der Waals surface area (Å²) in [5, 5.41) is 13.3. The number of carbonyl (C=O) groups is 1. The van der Waals surface area contributed by atoms with E-state index in [1.54, 1.807) is 23.0 Å². The molecule has 0 unspecified atom stereocenters. The van der Waals surface area contributed by atoms with Crippen LogP contribution in [0.4, 0.5) is 4.39 Å². The molecule has 0 fully saturated rings. The third-order valence-electron chi connectivity index (χ3n) is 4.99. The first kappa shape index (κ1) is 23.1. The zero-order chi connectivity index (χ0) is 24.1. The number of hydrogen-bond acceptors (Lipinski definition) is 4. The summed E-state index contributed by atoms with van der Waals surface area (Å²) in [7, 11) is -3.85. The van der Waals surface area contributed by atoms with Gasteiger partial charge in [-0.1, -0.05) is 30.3 Å². The first-order valence-electron chi connectivity index (χ1n) is 10.2. The fourth-order valence-electron chi connectivity index (χ4n) is 3.28. The highest BCUT2D eigenvalue weighted by atomic mass is 32.2. The van der Waals surface area contributed by atoms with Gasteiger partial charge in [0.1, 0.15) is 5.82 Å². The maximum atomic E-state index is 13.4. The van der Waals surface area contributed by atoms with Crippen LogP contribution in [-0.2, 0) is 21.4 Å². The van der Waals surface area contributed by atoms with Gasteiger partial charge in [0, 0.05) is 29.9 Å². The van der Waals surface area contributed by atoms with E-state index < -0.39 is 16.0 Å². The van der Waals surface area contributed by atoms with Crippen molar-refractivity contribution in [3.63, 3.8) is 0 Å². The number of hydrogen-bond donors (Lipinski definition) is 2. The summed E-state index contributed by atoms with van der Waals surface area (Å²) in [5.74, 6) is -1.47. The Morgan fingerprint density at radius 1 is 1.00 bits per heavy atom. The van der Waals surface area contributed by atoms with E-state index in [4.69, 9.17) is 5.11 Å². The molecule has 7 nitrogen and oxygen atoms in total. The van der Waals surface area contributed by atoms with E-state index in [9.17, 15) is 17.6 Å². The average Bonchev–Trinajstić information content (AvgIpc) is 3.27. The Labute approximate surface area is 195 Å². The number of aliphatic carboxylic acids is 1. The largest absolute Gasteiger partial charge is 0.478 e. The Kier molecular flexibility index (Phi) is 6.67. The lowest BCUT2D eigenvalue weighted by Gasteiger charge is -2.07. The predicted octanol–water partition coefficient (Wildman–Crippen LogP) is 4.25. The van der Waals surface area contributed by atoms with E-state index in [2.05, 4.69) is 9.82 Å². The van der Waals surface area contributed by atoms with Gasteiger partial charge in [-0.25, -0.2) is 27.0 Å². The molecule has 0 radical (unpaired) electrons. The van der Waals surface area contributed by atoms with E-state index >= 15 is 0 Å². The van der Waals surface area contributed by atoms with Crippen LogP contribution in [0.2, 0.25) is 0 Å². The highest BCUT2D eigenvalue weighted by Crippen LogP contribution is 2.25. The van der Waals surface area contributed by atoms with Crippen molar-refractivity contribution in [2.45, 2.75) is 11.4 Å². The normalized spacial score (nSPS) is 11.7. The first-order chi connectivity index (χ1) is 16.3. The van der Waals surface area contributed by atoms with Crippen molar-refractivity contribution >= 4 is 22.1 Å². The topological polar surface area (TPSA) is 101 Å². The molecule has 2 N–H and O–H groups in total. The molecule has 0 aliphatic carbocycles. The van der Waals surface area contributed by atoms with Crippen molar-refractivity contribution in [3.05, 3.63) is 108 Å². The number of sulfonamides is 1. The molecule has 0 atom stereocenters. The summed E-state index contributed by atoms with van der Waals surface area (Å²) >= 11 is 0. The molecule has 0 amide bonds. The van der Waals surface area contributed by atoms with Gasteiger partial charge in [0.15, 0.2) is 0 Å². The number of aromatic nitrogens is 2. The molecule has 4 aromatic rings. The molecular formula is C25H20FN3O4S. The van der Waals surface area contributed by atoms with Crippen LogP contribution in [0.3, 0.4) is 0 Å². The highest BCUT2D eigenvalue weighted by molar-refractivity contribution is 7.89. The molecule has 1 heterocycles. The summed E-state index contributed by atoms with van der Waals surface area (Å²) in [6, 6.07) is 21.0. The fraction of sp³-hybridized carbons (Fsp3) is 0.0400. The molecule has 3 aromatic carbocycles. The standard InChI is InChI=1S/C25H20FN3O4S/c26-21-11-9-19(10-12-21)25-20(17-29(28-25)22-4-2-1-3-5-22)16-27-34(32,33)23-13-6-18(7-14-23)8-15-24(30)31/h1-15,17,27H,16H2,(H,30,31)/b15-8+. The van der Waals surface area contributed by atoms with Crippen molar-refractivity contribution in [2.75, 3.05) is 0 Å². The molecule has 9 heteroatoms. The Morgan fingerprint density at radius 2 is 1.68 bits per heavy atom. The van der Waals surface area contributed by atoms with Crippen LogP contribution in [0.25, 0.3) is 23.0 Å². The molecule has 172 valence electrons. The molecule has 0 saturated heterocycles. The summed E-state index contributed by atoms with van der Waals surface area (Å²) < 4.78 is 43.4.